The summed E-state index contributed by atoms with van der Waals surface area (Å²) in [5, 5.41) is 12.2. The lowest BCUT2D eigenvalue weighted by molar-refractivity contribution is 0.469. The molecule has 2 atom stereocenters. The second-order valence-corrected chi connectivity index (χ2v) is 5.87. The summed E-state index contributed by atoms with van der Waals surface area (Å²) in [7, 11) is 0. The Morgan fingerprint density at radius 1 is 1.41 bits per heavy atom. The standard InChI is InChI=1S/C12H22N4S/c1-2-8-13-10-6-4-3-5-7-11(10)17-12-14-9-15-16-12/h9-11,13H,2-8H2,1H3,(H,14,15,16). The van der Waals surface area contributed by atoms with Crippen molar-refractivity contribution < 1.29 is 0 Å². The van der Waals surface area contributed by atoms with Crippen LogP contribution < -0.4 is 5.32 Å². The van der Waals surface area contributed by atoms with E-state index in [2.05, 4.69) is 27.4 Å². The van der Waals surface area contributed by atoms with E-state index in [0.29, 0.717) is 11.3 Å². The number of rotatable bonds is 5. The predicted molar refractivity (Wildman–Crippen MR) is 71.2 cm³/mol. The van der Waals surface area contributed by atoms with Gasteiger partial charge in [0.15, 0.2) is 5.16 Å². The maximum absolute atomic E-state index is 4.22. The lowest BCUT2D eigenvalue weighted by Gasteiger charge is -2.24. The molecule has 0 aliphatic heterocycles. The van der Waals surface area contributed by atoms with Gasteiger partial charge in [0.2, 0.25) is 0 Å². The maximum Gasteiger partial charge on any atom is 0.183 e. The molecule has 2 rings (SSSR count). The molecule has 1 aliphatic rings. The van der Waals surface area contributed by atoms with Gasteiger partial charge >= 0.3 is 0 Å². The van der Waals surface area contributed by atoms with Crippen LogP contribution in [0.1, 0.15) is 45.4 Å². The molecule has 2 unspecified atom stereocenters. The predicted octanol–water partition coefficient (Wildman–Crippen LogP) is 2.60. The number of thioether (sulfide) groups is 1. The molecule has 0 spiro atoms. The number of nitrogens with zero attached hydrogens (tertiary/aromatic N) is 2. The molecular weight excluding hydrogens is 232 g/mol. The molecule has 1 fully saturated rings. The van der Waals surface area contributed by atoms with Crippen molar-refractivity contribution in [3.63, 3.8) is 0 Å². The molecule has 4 nitrogen and oxygen atoms in total. The van der Waals surface area contributed by atoms with Crippen molar-refractivity contribution in [2.45, 2.75) is 61.9 Å². The van der Waals surface area contributed by atoms with Crippen LogP contribution in [-0.2, 0) is 0 Å². The highest BCUT2D eigenvalue weighted by atomic mass is 32.2. The van der Waals surface area contributed by atoms with Crippen LogP contribution in [0.2, 0.25) is 0 Å². The highest BCUT2D eigenvalue weighted by Gasteiger charge is 2.24. The second kappa shape index (κ2) is 7.01. The Hall–Kier alpha value is -0.550. The van der Waals surface area contributed by atoms with Gasteiger partial charge in [-0.2, -0.15) is 5.10 Å². The average Bonchev–Trinajstić information content (AvgIpc) is 2.74. The van der Waals surface area contributed by atoms with Gasteiger partial charge in [-0.15, -0.1) is 0 Å². The van der Waals surface area contributed by atoms with Crippen molar-refractivity contribution in [3.8, 4) is 0 Å². The molecule has 17 heavy (non-hydrogen) atoms. The first kappa shape index (κ1) is 12.9. The van der Waals surface area contributed by atoms with Gasteiger partial charge in [0.25, 0.3) is 0 Å². The molecule has 1 aromatic heterocycles. The molecular formula is C12H22N4S. The van der Waals surface area contributed by atoms with Crippen molar-refractivity contribution in [2.75, 3.05) is 6.54 Å². The third kappa shape index (κ3) is 4.00. The summed E-state index contributed by atoms with van der Waals surface area (Å²) in [6, 6.07) is 0.632. The number of aromatic amines is 1. The minimum atomic E-state index is 0.632. The van der Waals surface area contributed by atoms with E-state index in [1.807, 2.05) is 11.8 Å². The fourth-order valence-corrected chi connectivity index (χ4v) is 3.55. The smallest absolute Gasteiger partial charge is 0.183 e. The zero-order chi connectivity index (χ0) is 11.9. The van der Waals surface area contributed by atoms with Crippen LogP contribution in [0, 0.1) is 0 Å². The first-order valence-corrected chi connectivity index (χ1v) is 7.53. The molecule has 1 aromatic rings. The van der Waals surface area contributed by atoms with Crippen molar-refractivity contribution in [3.05, 3.63) is 6.33 Å². The molecule has 1 saturated carbocycles. The summed E-state index contributed by atoms with van der Waals surface area (Å²) in [6.07, 6.45) is 9.45. The van der Waals surface area contributed by atoms with Gasteiger partial charge in [0.1, 0.15) is 6.33 Å². The molecule has 1 aliphatic carbocycles. The summed E-state index contributed by atoms with van der Waals surface area (Å²) in [6.45, 7) is 3.35. The van der Waals surface area contributed by atoms with Crippen LogP contribution in [-0.4, -0.2) is 33.0 Å². The molecule has 1 heterocycles. The zero-order valence-corrected chi connectivity index (χ0v) is 11.3. The Kier molecular flexibility index (Phi) is 5.32. The third-order valence-electron chi connectivity index (χ3n) is 3.27. The normalized spacial score (nSPS) is 25.7. The largest absolute Gasteiger partial charge is 0.313 e. The molecule has 5 heteroatoms. The highest BCUT2D eigenvalue weighted by Crippen LogP contribution is 2.31. The van der Waals surface area contributed by atoms with E-state index in [9.17, 15) is 0 Å². The minimum absolute atomic E-state index is 0.632. The number of hydrogen-bond acceptors (Lipinski definition) is 4. The van der Waals surface area contributed by atoms with Gasteiger partial charge in [0, 0.05) is 11.3 Å². The number of H-pyrrole nitrogens is 1. The van der Waals surface area contributed by atoms with Crippen LogP contribution in [0.5, 0.6) is 0 Å². The van der Waals surface area contributed by atoms with Crippen LogP contribution in [0.15, 0.2) is 11.5 Å². The van der Waals surface area contributed by atoms with E-state index >= 15 is 0 Å². The van der Waals surface area contributed by atoms with E-state index in [4.69, 9.17) is 0 Å². The van der Waals surface area contributed by atoms with Crippen LogP contribution in [0.25, 0.3) is 0 Å². The van der Waals surface area contributed by atoms with Crippen LogP contribution >= 0.6 is 11.8 Å². The Morgan fingerprint density at radius 2 is 2.29 bits per heavy atom. The lowest BCUT2D eigenvalue weighted by Crippen LogP contribution is -2.37. The van der Waals surface area contributed by atoms with Gasteiger partial charge in [-0.25, -0.2) is 4.98 Å². The van der Waals surface area contributed by atoms with Crippen LogP contribution in [0.4, 0.5) is 0 Å². The molecule has 0 radical (unpaired) electrons. The Balaban J connectivity index is 1.93. The van der Waals surface area contributed by atoms with Gasteiger partial charge < -0.3 is 5.32 Å². The van der Waals surface area contributed by atoms with Gasteiger partial charge in [-0.1, -0.05) is 37.9 Å². The number of nitrogens with one attached hydrogen (secondary N) is 2. The molecule has 96 valence electrons. The first-order valence-electron chi connectivity index (χ1n) is 6.65. The number of aromatic nitrogens is 3. The van der Waals surface area contributed by atoms with Gasteiger partial charge in [-0.05, 0) is 25.8 Å². The molecule has 0 amide bonds. The van der Waals surface area contributed by atoms with E-state index in [-0.39, 0.29) is 0 Å². The van der Waals surface area contributed by atoms with Gasteiger partial charge in [0.05, 0.1) is 0 Å². The molecule has 0 bridgehead atoms. The molecule has 0 aromatic carbocycles. The monoisotopic (exact) mass is 254 g/mol. The Labute approximate surface area is 107 Å². The first-order chi connectivity index (χ1) is 8.40. The summed E-state index contributed by atoms with van der Waals surface area (Å²) in [4.78, 5) is 4.22. The zero-order valence-electron chi connectivity index (χ0n) is 10.5. The minimum Gasteiger partial charge on any atom is -0.313 e. The van der Waals surface area contributed by atoms with E-state index in [1.165, 1.54) is 38.5 Å². The Bertz CT molecular complexity index is 301. The fraction of sp³-hybridized carbons (Fsp3) is 0.833. The summed E-state index contributed by atoms with van der Waals surface area (Å²) in [5.41, 5.74) is 0. The van der Waals surface area contributed by atoms with E-state index < -0.39 is 0 Å². The maximum atomic E-state index is 4.22. The molecule has 0 saturated heterocycles. The van der Waals surface area contributed by atoms with Crippen molar-refractivity contribution >= 4 is 11.8 Å². The van der Waals surface area contributed by atoms with Crippen molar-refractivity contribution in [1.82, 2.24) is 20.5 Å². The number of hydrogen-bond donors (Lipinski definition) is 2. The third-order valence-corrected chi connectivity index (χ3v) is 4.55. The topological polar surface area (TPSA) is 53.6 Å². The van der Waals surface area contributed by atoms with E-state index in [0.717, 1.165) is 11.7 Å². The Morgan fingerprint density at radius 3 is 3.06 bits per heavy atom. The van der Waals surface area contributed by atoms with Gasteiger partial charge in [-0.3, -0.25) is 5.10 Å². The SMILES string of the molecule is CCCNC1CCCCCC1Sc1ncn[nH]1. The molecule has 2 N–H and O–H groups in total. The van der Waals surface area contributed by atoms with E-state index in [1.54, 1.807) is 6.33 Å². The quantitative estimate of drug-likeness (QED) is 0.793. The summed E-state index contributed by atoms with van der Waals surface area (Å²) in [5.74, 6) is 0. The van der Waals surface area contributed by atoms with Crippen molar-refractivity contribution in [1.29, 1.82) is 0 Å². The average molecular weight is 254 g/mol. The summed E-state index contributed by atoms with van der Waals surface area (Å²) >= 11 is 1.85. The second-order valence-electron chi connectivity index (χ2n) is 4.65. The van der Waals surface area contributed by atoms with Crippen LogP contribution in [0.3, 0.4) is 0 Å². The highest BCUT2D eigenvalue weighted by molar-refractivity contribution is 7.99. The summed E-state index contributed by atoms with van der Waals surface area (Å²) < 4.78 is 0. The fourth-order valence-electron chi connectivity index (χ4n) is 2.37. The van der Waals surface area contributed by atoms with Crippen molar-refractivity contribution in [2.24, 2.45) is 0 Å². The lowest BCUT2D eigenvalue weighted by atomic mass is 10.1.